The Kier molecular flexibility index (Phi) is 4.43. The largest absolute Gasteiger partial charge is 0.489 e. The molecule has 25 heavy (non-hydrogen) atoms. The van der Waals surface area contributed by atoms with Crippen molar-refractivity contribution < 1.29 is 17.9 Å². The van der Waals surface area contributed by atoms with Crippen LogP contribution < -0.4 is 14.4 Å². The molecule has 7 heteroatoms. The minimum Gasteiger partial charge on any atom is -0.489 e. The topological polar surface area (TPSA) is 75.7 Å². The first-order chi connectivity index (χ1) is 11.8. The summed E-state index contributed by atoms with van der Waals surface area (Å²) in [6.07, 6.45) is 1.16. The Morgan fingerprint density at radius 2 is 1.88 bits per heavy atom. The third-order valence-corrected chi connectivity index (χ3v) is 5.39. The average Bonchev–Trinajstić information content (AvgIpc) is 2.55. The molecule has 0 fully saturated rings. The van der Waals surface area contributed by atoms with Crippen molar-refractivity contribution >= 4 is 27.3 Å². The molecule has 1 heterocycles. The summed E-state index contributed by atoms with van der Waals surface area (Å²) in [6, 6.07) is 10.5. The molecule has 2 aromatic rings. The molecule has 1 amide bonds. The number of sulfonamides is 1. The predicted octanol–water partition coefficient (Wildman–Crippen LogP) is 2.71. The zero-order valence-electron chi connectivity index (χ0n) is 14.4. The van der Waals surface area contributed by atoms with E-state index in [1.807, 2.05) is 26.0 Å². The van der Waals surface area contributed by atoms with Gasteiger partial charge in [0, 0.05) is 17.3 Å². The lowest BCUT2D eigenvalue weighted by atomic mass is 10.1. The summed E-state index contributed by atoms with van der Waals surface area (Å²) >= 11 is 0. The fourth-order valence-corrected chi connectivity index (χ4v) is 3.62. The summed E-state index contributed by atoms with van der Waals surface area (Å²) in [6.45, 7) is 4.50. The second kappa shape index (κ2) is 6.40. The van der Waals surface area contributed by atoms with Crippen molar-refractivity contribution in [3.8, 4) is 5.75 Å². The first-order valence-electron chi connectivity index (χ1n) is 7.89. The lowest BCUT2D eigenvalue weighted by molar-refractivity contribution is 0.102. The summed E-state index contributed by atoms with van der Waals surface area (Å²) in [5.41, 5.74) is 3.78. The van der Waals surface area contributed by atoms with Crippen LogP contribution in [0.15, 0.2) is 36.4 Å². The Bertz CT molecular complexity index is 938. The van der Waals surface area contributed by atoms with Crippen LogP contribution in [0.25, 0.3) is 0 Å². The molecule has 0 saturated heterocycles. The van der Waals surface area contributed by atoms with E-state index in [0.29, 0.717) is 22.7 Å². The number of fused-ring (bicyclic) bond motifs is 1. The molecule has 0 unspecified atom stereocenters. The van der Waals surface area contributed by atoms with Crippen LogP contribution in [0.5, 0.6) is 5.75 Å². The van der Waals surface area contributed by atoms with E-state index in [2.05, 4.69) is 5.32 Å². The summed E-state index contributed by atoms with van der Waals surface area (Å²) in [5, 5.41) is 2.82. The van der Waals surface area contributed by atoms with Crippen molar-refractivity contribution in [1.29, 1.82) is 0 Å². The molecule has 1 N–H and O–H groups in total. The van der Waals surface area contributed by atoms with Crippen LogP contribution in [-0.4, -0.2) is 33.7 Å². The van der Waals surface area contributed by atoms with E-state index < -0.39 is 10.0 Å². The monoisotopic (exact) mass is 360 g/mol. The standard InChI is InChI=1S/C18H20N2O4S/c1-12-4-5-14(10-13(12)2)18(21)19-15-6-7-16-17(11-15)24-9-8-20(16)25(3,22)23/h4-7,10-11H,8-9H2,1-3H3,(H,19,21). The summed E-state index contributed by atoms with van der Waals surface area (Å²) in [5.74, 6) is 0.216. The molecule has 0 bridgehead atoms. The molecule has 132 valence electrons. The Hall–Kier alpha value is -2.54. The van der Waals surface area contributed by atoms with Gasteiger partial charge in [0.05, 0.1) is 18.5 Å². The predicted molar refractivity (Wildman–Crippen MR) is 98.0 cm³/mol. The van der Waals surface area contributed by atoms with Crippen LogP contribution in [-0.2, 0) is 10.0 Å². The molecule has 3 rings (SSSR count). The quantitative estimate of drug-likeness (QED) is 0.913. The second-order valence-electron chi connectivity index (χ2n) is 6.12. The molecule has 0 spiro atoms. The van der Waals surface area contributed by atoms with E-state index >= 15 is 0 Å². The van der Waals surface area contributed by atoms with Gasteiger partial charge in [0.1, 0.15) is 12.4 Å². The molecule has 0 radical (unpaired) electrons. The van der Waals surface area contributed by atoms with E-state index in [0.717, 1.165) is 17.4 Å². The number of nitrogens with one attached hydrogen (secondary N) is 1. The molecule has 1 aliphatic heterocycles. The van der Waals surface area contributed by atoms with Gasteiger partial charge in [0.25, 0.3) is 5.91 Å². The van der Waals surface area contributed by atoms with Crippen molar-refractivity contribution in [1.82, 2.24) is 0 Å². The van der Waals surface area contributed by atoms with E-state index in [9.17, 15) is 13.2 Å². The maximum absolute atomic E-state index is 12.4. The number of benzene rings is 2. The van der Waals surface area contributed by atoms with E-state index in [1.165, 1.54) is 4.31 Å². The maximum Gasteiger partial charge on any atom is 0.255 e. The van der Waals surface area contributed by atoms with Crippen molar-refractivity contribution in [3.63, 3.8) is 0 Å². The van der Waals surface area contributed by atoms with Crippen LogP contribution >= 0.6 is 0 Å². The molecule has 6 nitrogen and oxygen atoms in total. The molecule has 0 atom stereocenters. The smallest absolute Gasteiger partial charge is 0.255 e. The van der Waals surface area contributed by atoms with E-state index in [-0.39, 0.29) is 19.1 Å². The number of ether oxygens (including phenoxy) is 1. The lowest BCUT2D eigenvalue weighted by Gasteiger charge is -2.29. The number of hydrogen-bond acceptors (Lipinski definition) is 4. The number of nitrogens with zero attached hydrogens (tertiary/aromatic N) is 1. The summed E-state index contributed by atoms with van der Waals surface area (Å²) in [4.78, 5) is 12.4. The molecule has 0 aliphatic carbocycles. The number of carbonyl (C=O) groups excluding carboxylic acids is 1. The Morgan fingerprint density at radius 3 is 2.56 bits per heavy atom. The Balaban J connectivity index is 1.85. The van der Waals surface area contributed by atoms with Crippen LogP contribution in [0, 0.1) is 13.8 Å². The first-order valence-corrected chi connectivity index (χ1v) is 9.74. The van der Waals surface area contributed by atoms with Gasteiger partial charge in [-0.15, -0.1) is 0 Å². The van der Waals surface area contributed by atoms with Crippen molar-refractivity contribution in [2.45, 2.75) is 13.8 Å². The first kappa shape index (κ1) is 17.3. The summed E-state index contributed by atoms with van der Waals surface area (Å²) in [7, 11) is -3.36. The highest BCUT2D eigenvalue weighted by Gasteiger charge is 2.25. The highest BCUT2D eigenvalue weighted by molar-refractivity contribution is 7.92. The zero-order chi connectivity index (χ0) is 18.2. The van der Waals surface area contributed by atoms with Crippen LogP contribution in [0.2, 0.25) is 0 Å². The van der Waals surface area contributed by atoms with Crippen molar-refractivity contribution in [2.24, 2.45) is 0 Å². The number of anilines is 2. The minimum atomic E-state index is -3.36. The van der Waals surface area contributed by atoms with E-state index in [4.69, 9.17) is 4.74 Å². The second-order valence-corrected chi connectivity index (χ2v) is 8.03. The molecular weight excluding hydrogens is 340 g/mol. The number of rotatable bonds is 3. The Labute approximate surface area is 147 Å². The number of amides is 1. The van der Waals surface area contributed by atoms with Gasteiger partial charge in [0.15, 0.2) is 0 Å². The normalized spacial score (nSPS) is 13.8. The third kappa shape index (κ3) is 3.61. The average molecular weight is 360 g/mol. The van der Waals surface area contributed by atoms with Gasteiger partial charge in [-0.25, -0.2) is 8.42 Å². The number of aryl methyl sites for hydroxylation is 2. The fourth-order valence-electron chi connectivity index (χ4n) is 2.70. The number of carbonyl (C=O) groups is 1. The van der Waals surface area contributed by atoms with Gasteiger partial charge in [-0.1, -0.05) is 6.07 Å². The van der Waals surface area contributed by atoms with Crippen molar-refractivity contribution in [2.75, 3.05) is 29.0 Å². The van der Waals surface area contributed by atoms with Crippen LogP contribution in [0.3, 0.4) is 0 Å². The van der Waals surface area contributed by atoms with Gasteiger partial charge in [0.2, 0.25) is 10.0 Å². The molecule has 0 saturated carbocycles. The Morgan fingerprint density at radius 1 is 1.12 bits per heavy atom. The van der Waals surface area contributed by atoms with Gasteiger partial charge in [-0.2, -0.15) is 0 Å². The van der Waals surface area contributed by atoms with Gasteiger partial charge >= 0.3 is 0 Å². The van der Waals surface area contributed by atoms with Gasteiger partial charge in [-0.05, 0) is 49.2 Å². The zero-order valence-corrected chi connectivity index (χ0v) is 15.2. The third-order valence-electron chi connectivity index (χ3n) is 4.21. The highest BCUT2D eigenvalue weighted by atomic mass is 32.2. The molecule has 1 aliphatic rings. The van der Waals surface area contributed by atoms with E-state index in [1.54, 1.807) is 24.3 Å². The molecule has 2 aromatic carbocycles. The maximum atomic E-state index is 12.4. The number of hydrogen-bond donors (Lipinski definition) is 1. The van der Waals surface area contributed by atoms with Crippen LogP contribution in [0.1, 0.15) is 21.5 Å². The van der Waals surface area contributed by atoms with Gasteiger partial charge in [-0.3, -0.25) is 9.10 Å². The SMILES string of the molecule is Cc1ccc(C(=O)Nc2ccc3c(c2)OCCN3S(C)(=O)=O)cc1C. The van der Waals surface area contributed by atoms with Crippen molar-refractivity contribution in [3.05, 3.63) is 53.1 Å². The lowest BCUT2D eigenvalue weighted by Crippen LogP contribution is -2.37. The minimum absolute atomic E-state index is 0.223. The molecular formula is C18H20N2O4S. The highest BCUT2D eigenvalue weighted by Crippen LogP contribution is 2.35. The van der Waals surface area contributed by atoms with Gasteiger partial charge < -0.3 is 10.1 Å². The van der Waals surface area contributed by atoms with Crippen LogP contribution in [0.4, 0.5) is 11.4 Å². The molecule has 0 aromatic heterocycles. The summed E-state index contributed by atoms with van der Waals surface area (Å²) < 4.78 is 30.6. The fraction of sp³-hybridized carbons (Fsp3) is 0.278.